The number of hydrogen-bond donors (Lipinski definition) is 6. The van der Waals surface area contributed by atoms with E-state index in [9.17, 15) is 35.1 Å². The number of amides is 1. The van der Waals surface area contributed by atoms with Crippen molar-refractivity contribution in [1.82, 2.24) is 0 Å². The highest BCUT2D eigenvalue weighted by Gasteiger charge is 2.32. The Morgan fingerprint density at radius 3 is 2.49 bits per heavy atom. The molecule has 1 aromatic carbocycles. The summed E-state index contributed by atoms with van der Waals surface area (Å²) in [6, 6.07) is 11.1. The molecule has 4 atom stereocenters. The Labute approximate surface area is 244 Å². The van der Waals surface area contributed by atoms with Gasteiger partial charge in [-0.2, -0.15) is 0 Å². The lowest BCUT2D eigenvalue weighted by Gasteiger charge is -2.25. The third-order valence-electron chi connectivity index (χ3n) is 7.25. The molecule has 2 aromatic rings. The summed E-state index contributed by atoms with van der Waals surface area (Å²) in [5.41, 5.74) is 1.70. The van der Waals surface area contributed by atoms with Crippen LogP contribution >= 0.6 is 11.3 Å². The molecule has 3 rings (SSSR count). The van der Waals surface area contributed by atoms with E-state index in [-0.39, 0.29) is 11.9 Å². The van der Waals surface area contributed by atoms with Crippen LogP contribution < -0.4 is 4.90 Å². The molecule has 1 fully saturated rings. The summed E-state index contributed by atoms with van der Waals surface area (Å²) in [6.07, 6.45) is 3.37. The fourth-order valence-electron chi connectivity index (χ4n) is 4.85. The maximum absolute atomic E-state index is 12.7. The van der Waals surface area contributed by atoms with Gasteiger partial charge in [-0.25, -0.2) is 4.79 Å². The van der Waals surface area contributed by atoms with Gasteiger partial charge in [-0.1, -0.05) is 38.3 Å². The number of hydrogen-bond acceptors (Lipinski definition) is 10. The van der Waals surface area contributed by atoms with Crippen LogP contribution in [-0.2, 0) is 16.0 Å². The van der Waals surface area contributed by atoms with E-state index in [1.807, 2.05) is 35.2 Å². The highest BCUT2D eigenvalue weighted by atomic mass is 32.1. The van der Waals surface area contributed by atoms with Gasteiger partial charge < -0.3 is 40.3 Å². The first-order valence-corrected chi connectivity index (χ1v) is 14.9. The van der Waals surface area contributed by atoms with Crippen molar-refractivity contribution < 1.29 is 45.0 Å². The van der Waals surface area contributed by atoms with Gasteiger partial charge in [0.15, 0.2) is 18.1 Å². The number of aliphatic hydroxyl groups is 6. The van der Waals surface area contributed by atoms with Crippen molar-refractivity contribution in [2.24, 2.45) is 0 Å². The molecule has 0 spiro atoms. The first-order valence-electron chi connectivity index (χ1n) is 14.1. The fraction of sp³-hybridized carbons (Fsp3) is 0.533. The number of nitrogens with zero attached hydrogens (tertiary/aromatic N) is 1. The lowest BCUT2D eigenvalue weighted by atomic mass is 10.0. The number of ether oxygens (including phenoxy) is 1. The average Bonchev–Trinajstić information content (AvgIpc) is 3.61. The number of aliphatic hydroxyl groups excluding tert-OH is 6. The van der Waals surface area contributed by atoms with Gasteiger partial charge in [0.25, 0.3) is 0 Å². The van der Waals surface area contributed by atoms with E-state index in [1.54, 1.807) is 6.07 Å². The standard InChI is InChI=1S/C30H41NO9S/c1-2-3-4-8-23(33)19-9-11-21(12-10-19)31-20(13-16-27(31)36)6-5-7-22-14-15-26(41-22)30(39)40-18-25(35)29(38)28(37)24(34)17-32/h9-12,14-15,20,23-24,28,32-35,37-38H,2-8,13,16-18H2,1H3/b29-25+/t20-,23-,24+,28-/m0/s1. The van der Waals surface area contributed by atoms with E-state index in [0.29, 0.717) is 17.7 Å². The molecule has 0 saturated carbocycles. The minimum Gasteiger partial charge on any atom is -0.506 e. The zero-order chi connectivity index (χ0) is 29.9. The Morgan fingerprint density at radius 2 is 1.80 bits per heavy atom. The fourth-order valence-corrected chi connectivity index (χ4v) is 5.79. The van der Waals surface area contributed by atoms with E-state index in [2.05, 4.69) is 6.92 Å². The molecule has 1 aromatic heterocycles. The van der Waals surface area contributed by atoms with Gasteiger partial charge in [0.05, 0.1) is 12.7 Å². The smallest absolute Gasteiger partial charge is 0.348 e. The van der Waals surface area contributed by atoms with E-state index in [4.69, 9.17) is 9.84 Å². The summed E-state index contributed by atoms with van der Waals surface area (Å²) in [6.45, 7) is 0.589. The van der Waals surface area contributed by atoms with Gasteiger partial charge in [-0.05, 0) is 61.9 Å². The number of carbonyl (C=O) groups excluding carboxylic acids is 2. The maximum Gasteiger partial charge on any atom is 0.348 e. The van der Waals surface area contributed by atoms with Crippen LogP contribution in [0.1, 0.15) is 84.5 Å². The minimum atomic E-state index is -1.91. The van der Waals surface area contributed by atoms with Crippen LogP contribution in [0.3, 0.4) is 0 Å². The zero-order valence-electron chi connectivity index (χ0n) is 23.3. The van der Waals surface area contributed by atoms with Gasteiger partial charge in [0.2, 0.25) is 5.91 Å². The molecule has 1 aliphatic heterocycles. The third kappa shape index (κ3) is 9.01. The SMILES string of the molecule is CCCCC[C@H](O)c1ccc(N2C(=O)CC[C@@H]2CCCc2ccc(C(=O)OC/C(O)=C(\O)[C@@H](O)[C@H](O)CO)s2)cc1. The third-order valence-corrected chi connectivity index (χ3v) is 8.38. The Balaban J connectivity index is 1.50. The van der Waals surface area contributed by atoms with Gasteiger partial charge in [0.1, 0.15) is 17.1 Å². The zero-order valence-corrected chi connectivity index (χ0v) is 24.1. The number of anilines is 1. The molecule has 1 saturated heterocycles. The molecule has 1 aliphatic rings. The lowest BCUT2D eigenvalue weighted by molar-refractivity contribution is -0.117. The number of aryl methyl sites for hydroxylation is 1. The molecule has 1 amide bonds. The molecule has 226 valence electrons. The van der Waals surface area contributed by atoms with E-state index >= 15 is 0 Å². The van der Waals surface area contributed by atoms with Gasteiger partial charge in [-0.15, -0.1) is 11.3 Å². The molecular weight excluding hydrogens is 550 g/mol. The predicted molar refractivity (Wildman–Crippen MR) is 155 cm³/mol. The predicted octanol–water partition coefficient (Wildman–Crippen LogP) is 4.08. The molecule has 0 radical (unpaired) electrons. The second kappa shape index (κ2) is 15.9. The molecule has 41 heavy (non-hydrogen) atoms. The summed E-state index contributed by atoms with van der Waals surface area (Å²) in [4.78, 5) is 28.2. The first-order chi connectivity index (χ1) is 19.7. The molecule has 2 heterocycles. The van der Waals surface area contributed by atoms with Crippen LogP contribution in [0, 0.1) is 0 Å². The quantitative estimate of drug-likeness (QED) is 0.0957. The number of rotatable bonds is 16. The van der Waals surface area contributed by atoms with E-state index in [0.717, 1.165) is 61.1 Å². The van der Waals surface area contributed by atoms with Crippen molar-refractivity contribution in [1.29, 1.82) is 0 Å². The Morgan fingerprint density at radius 1 is 1.07 bits per heavy atom. The van der Waals surface area contributed by atoms with Crippen LogP contribution in [0.5, 0.6) is 0 Å². The van der Waals surface area contributed by atoms with Crippen LogP contribution in [-0.4, -0.2) is 74.0 Å². The van der Waals surface area contributed by atoms with Crippen molar-refractivity contribution in [3.63, 3.8) is 0 Å². The number of thiophene rings is 1. The normalized spacial score (nSPS) is 18.2. The topological polar surface area (TPSA) is 168 Å². The van der Waals surface area contributed by atoms with Gasteiger partial charge in [-0.3, -0.25) is 4.79 Å². The summed E-state index contributed by atoms with van der Waals surface area (Å²) >= 11 is 1.25. The number of benzene rings is 1. The van der Waals surface area contributed by atoms with Crippen LogP contribution in [0.4, 0.5) is 5.69 Å². The van der Waals surface area contributed by atoms with Crippen LogP contribution in [0.25, 0.3) is 0 Å². The van der Waals surface area contributed by atoms with Crippen molar-refractivity contribution in [2.45, 2.75) is 89.1 Å². The molecule has 0 bridgehead atoms. The van der Waals surface area contributed by atoms with E-state index < -0.39 is 49.0 Å². The summed E-state index contributed by atoms with van der Waals surface area (Å²) in [7, 11) is 0. The largest absolute Gasteiger partial charge is 0.506 e. The van der Waals surface area contributed by atoms with Crippen molar-refractivity contribution in [3.8, 4) is 0 Å². The van der Waals surface area contributed by atoms with Gasteiger partial charge in [0, 0.05) is 23.0 Å². The Kier molecular flexibility index (Phi) is 12.6. The van der Waals surface area contributed by atoms with Crippen LogP contribution in [0.2, 0.25) is 0 Å². The second-order valence-electron chi connectivity index (χ2n) is 10.3. The molecule has 11 heteroatoms. The minimum absolute atomic E-state index is 0.0781. The molecule has 6 N–H and O–H groups in total. The van der Waals surface area contributed by atoms with Gasteiger partial charge >= 0.3 is 5.97 Å². The molecule has 0 unspecified atom stereocenters. The number of esters is 1. The lowest BCUT2D eigenvalue weighted by Crippen LogP contribution is -2.32. The molecule has 0 aliphatic carbocycles. The van der Waals surface area contributed by atoms with Crippen molar-refractivity contribution in [2.75, 3.05) is 18.1 Å². The summed E-state index contributed by atoms with van der Waals surface area (Å²) in [5, 5.41) is 57.8. The van der Waals surface area contributed by atoms with E-state index in [1.165, 1.54) is 11.3 Å². The second-order valence-corrected chi connectivity index (χ2v) is 11.5. The molecular formula is C30H41NO9S. The highest BCUT2D eigenvalue weighted by molar-refractivity contribution is 7.13. The monoisotopic (exact) mass is 591 g/mol. The summed E-state index contributed by atoms with van der Waals surface area (Å²) in [5.74, 6) is -2.44. The molecule has 10 nitrogen and oxygen atoms in total. The maximum atomic E-state index is 12.7. The van der Waals surface area contributed by atoms with Crippen molar-refractivity contribution >= 4 is 28.9 Å². The first kappa shape index (κ1) is 32.6. The summed E-state index contributed by atoms with van der Waals surface area (Å²) < 4.78 is 4.98. The number of carbonyl (C=O) groups is 2. The Hall–Kier alpha value is -2.96. The average molecular weight is 592 g/mol. The Bertz CT molecular complexity index is 1160. The highest BCUT2D eigenvalue weighted by Crippen LogP contribution is 2.31. The number of unbranched alkanes of at least 4 members (excludes halogenated alkanes) is 2. The van der Waals surface area contributed by atoms with Crippen molar-refractivity contribution in [3.05, 3.63) is 63.2 Å². The van der Waals surface area contributed by atoms with Crippen LogP contribution in [0.15, 0.2) is 47.9 Å².